The lowest BCUT2D eigenvalue weighted by molar-refractivity contribution is 0.513. The van der Waals surface area contributed by atoms with Crippen LogP contribution in [0.2, 0.25) is 0 Å². The molecular weight excluding hydrogens is 219 g/mol. The minimum Gasteiger partial charge on any atom is -0.352 e. The maximum absolute atomic E-state index is 7.15. The van der Waals surface area contributed by atoms with Crippen LogP contribution in [-0.2, 0) is 0 Å². The fourth-order valence-corrected chi connectivity index (χ4v) is 1.74. The number of hydrogen-bond acceptors (Lipinski definition) is 2. The monoisotopic (exact) mass is 250 g/mol. The molecule has 3 heteroatoms. The smallest absolute Gasteiger partial charge is 0.149 e. The van der Waals surface area contributed by atoms with E-state index in [1.165, 1.54) is 70.6 Å². The zero-order valence-electron chi connectivity index (χ0n) is 11.2. The molecule has 0 saturated carbocycles. The lowest BCUT2D eigenvalue weighted by Gasteiger charge is -2.00. The molecule has 0 atom stereocenters. The molecule has 2 nitrogen and oxygen atoms in total. The van der Waals surface area contributed by atoms with Crippen LogP contribution in [0.1, 0.15) is 84.5 Å². The average molecular weight is 250 g/mol. The second-order valence-corrected chi connectivity index (χ2v) is 4.48. The topological polar surface area (TPSA) is 40.5 Å². The molecule has 100 valence electrons. The van der Waals surface area contributed by atoms with Gasteiger partial charge in [-0.25, -0.2) is 0 Å². The first-order valence-electron chi connectivity index (χ1n) is 6.86. The van der Waals surface area contributed by atoms with Gasteiger partial charge in [-0.3, -0.25) is 0 Å². The first kappa shape index (κ1) is 18.7. The van der Waals surface area contributed by atoms with Crippen LogP contribution in [0, 0.1) is 0 Å². The van der Waals surface area contributed by atoms with E-state index < -0.39 is 9.03 Å². The third-order valence-corrected chi connectivity index (χ3v) is 2.71. The third-order valence-electron chi connectivity index (χ3n) is 2.71. The highest BCUT2D eigenvalue weighted by molar-refractivity contribution is 7.23. The van der Waals surface area contributed by atoms with Crippen molar-refractivity contribution in [3.05, 3.63) is 0 Å². The minimum atomic E-state index is -0.917. The normalized spacial score (nSPS) is 9.75. The molecule has 0 radical (unpaired) electrons. The maximum Gasteiger partial charge on any atom is 0.149 e. The quantitative estimate of drug-likeness (QED) is 0.432. The van der Waals surface area contributed by atoms with Gasteiger partial charge < -0.3 is 9.79 Å². The summed E-state index contributed by atoms with van der Waals surface area (Å²) in [7, 11) is -0.917. The van der Waals surface area contributed by atoms with Crippen molar-refractivity contribution in [2.45, 2.75) is 84.5 Å². The van der Waals surface area contributed by atoms with E-state index in [2.05, 4.69) is 13.8 Å². The second-order valence-electron chi connectivity index (χ2n) is 4.28. The lowest BCUT2D eigenvalue weighted by Crippen LogP contribution is -1.80. The summed E-state index contributed by atoms with van der Waals surface area (Å²) in [6.45, 7) is 4.56. The van der Waals surface area contributed by atoms with Crippen molar-refractivity contribution in [3.63, 3.8) is 0 Å². The molecule has 0 rings (SSSR count). The summed E-state index contributed by atoms with van der Waals surface area (Å²) >= 11 is 0. The molecule has 2 N–H and O–H groups in total. The molecule has 16 heavy (non-hydrogen) atoms. The molecule has 0 amide bonds. The van der Waals surface area contributed by atoms with Crippen LogP contribution in [0.25, 0.3) is 0 Å². The fourth-order valence-electron chi connectivity index (χ4n) is 1.74. The van der Waals surface area contributed by atoms with E-state index in [9.17, 15) is 0 Å². The number of rotatable bonds is 10. The van der Waals surface area contributed by atoms with Crippen molar-refractivity contribution >= 4 is 9.03 Å². The van der Waals surface area contributed by atoms with Crippen molar-refractivity contribution < 1.29 is 9.79 Å². The van der Waals surface area contributed by atoms with E-state index in [1.54, 1.807) is 0 Å². The van der Waals surface area contributed by atoms with Gasteiger partial charge >= 0.3 is 0 Å². The molecule has 0 fully saturated rings. The van der Waals surface area contributed by atoms with Gasteiger partial charge in [0.05, 0.1) is 0 Å². The van der Waals surface area contributed by atoms with E-state index >= 15 is 0 Å². The Morgan fingerprint density at radius 1 is 0.562 bits per heavy atom. The highest BCUT2D eigenvalue weighted by Gasteiger charge is 1.90. The minimum absolute atomic E-state index is 0.917. The second kappa shape index (κ2) is 20.7. The number of hydrogen-bond donors (Lipinski definition) is 2. The summed E-state index contributed by atoms with van der Waals surface area (Å²) in [5, 5.41) is 0. The van der Waals surface area contributed by atoms with Gasteiger partial charge in [0.2, 0.25) is 0 Å². The van der Waals surface area contributed by atoms with E-state index in [0.29, 0.717) is 0 Å². The van der Waals surface area contributed by atoms with E-state index in [4.69, 9.17) is 9.79 Å². The van der Waals surface area contributed by atoms with Crippen LogP contribution in [0.3, 0.4) is 0 Å². The fraction of sp³-hybridized carbons (Fsp3) is 1.00. The highest BCUT2D eigenvalue weighted by atomic mass is 31.1. The van der Waals surface area contributed by atoms with Gasteiger partial charge in [-0.15, -0.1) is 0 Å². The average Bonchev–Trinajstić information content (AvgIpc) is 2.28. The predicted molar refractivity (Wildman–Crippen MR) is 74.9 cm³/mol. The van der Waals surface area contributed by atoms with Gasteiger partial charge in [0.15, 0.2) is 0 Å². The molecular formula is C13H31O2P. The summed E-state index contributed by atoms with van der Waals surface area (Å²) < 4.78 is 0. The van der Waals surface area contributed by atoms with Gasteiger partial charge in [-0.1, -0.05) is 84.5 Å². The Hall–Kier alpha value is 0.350. The van der Waals surface area contributed by atoms with Crippen molar-refractivity contribution in [2.75, 3.05) is 0 Å². The van der Waals surface area contributed by atoms with Gasteiger partial charge in [-0.05, 0) is 0 Å². The molecule has 0 aromatic rings. The van der Waals surface area contributed by atoms with E-state index in [0.717, 1.165) is 0 Å². The van der Waals surface area contributed by atoms with Crippen LogP contribution in [-0.4, -0.2) is 9.79 Å². The van der Waals surface area contributed by atoms with Crippen LogP contribution >= 0.6 is 9.03 Å². The van der Waals surface area contributed by atoms with Crippen molar-refractivity contribution in [1.82, 2.24) is 0 Å². The van der Waals surface area contributed by atoms with Crippen molar-refractivity contribution in [2.24, 2.45) is 0 Å². The van der Waals surface area contributed by atoms with Crippen molar-refractivity contribution in [1.29, 1.82) is 0 Å². The Labute approximate surface area is 104 Å². The zero-order valence-corrected chi connectivity index (χ0v) is 12.2. The molecule has 0 aromatic carbocycles. The molecule has 0 aliphatic carbocycles. The molecule has 0 saturated heterocycles. The van der Waals surface area contributed by atoms with Crippen LogP contribution in [0.15, 0.2) is 0 Å². The van der Waals surface area contributed by atoms with E-state index in [-0.39, 0.29) is 0 Å². The summed E-state index contributed by atoms with van der Waals surface area (Å²) in [4.78, 5) is 14.3. The zero-order chi connectivity index (χ0) is 12.5. The summed E-state index contributed by atoms with van der Waals surface area (Å²) in [5.41, 5.74) is 0. The molecule has 0 aromatic heterocycles. The first-order valence-corrected chi connectivity index (χ1v) is 7.76. The maximum atomic E-state index is 7.15. The van der Waals surface area contributed by atoms with Gasteiger partial charge in [0, 0.05) is 0 Å². The Bertz CT molecular complexity index is 89.9. The predicted octanol–water partition coefficient (Wildman–Crippen LogP) is 4.80. The molecule has 0 bridgehead atoms. The SMILES string of the molecule is CCCCCCCCCCCCC.OPO. The summed E-state index contributed by atoms with van der Waals surface area (Å²) in [6.07, 6.45) is 15.9. The van der Waals surface area contributed by atoms with E-state index in [1.807, 2.05) is 0 Å². The molecule has 0 aliphatic rings. The standard InChI is InChI=1S/C13H28.H3O2P/c1-3-5-7-9-11-13-12-10-8-6-4-2;1-3-2/h3-13H2,1-2H3;1-3H. The Kier molecular flexibility index (Phi) is 24.2. The molecule has 0 unspecified atom stereocenters. The Balaban J connectivity index is 0. The van der Waals surface area contributed by atoms with Gasteiger partial charge in [0.1, 0.15) is 9.03 Å². The number of unbranched alkanes of at least 4 members (excludes halogenated alkanes) is 10. The van der Waals surface area contributed by atoms with Crippen molar-refractivity contribution in [3.8, 4) is 0 Å². The molecule has 0 spiro atoms. The Morgan fingerprint density at radius 3 is 0.938 bits per heavy atom. The lowest BCUT2D eigenvalue weighted by atomic mass is 10.1. The highest BCUT2D eigenvalue weighted by Crippen LogP contribution is 2.10. The van der Waals surface area contributed by atoms with Gasteiger partial charge in [-0.2, -0.15) is 0 Å². The third kappa shape index (κ3) is 23.9. The molecule has 0 heterocycles. The van der Waals surface area contributed by atoms with Crippen LogP contribution in [0.5, 0.6) is 0 Å². The first-order chi connectivity index (χ1) is 7.83. The summed E-state index contributed by atoms with van der Waals surface area (Å²) in [6, 6.07) is 0. The summed E-state index contributed by atoms with van der Waals surface area (Å²) in [5.74, 6) is 0. The Morgan fingerprint density at radius 2 is 0.750 bits per heavy atom. The van der Waals surface area contributed by atoms with Crippen LogP contribution in [0.4, 0.5) is 0 Å². The van der Waals surface area contributed by atoms with Crippen LogP contribution < -0.4 is 0 Å². The molecule has 0 aliphatic heterocycles. The largest absolute Gasteiger partial charge is 0.352 e. The van der Waals surface area contributed by atoms with Gasteiger partial charge in [0.25, 0.3) is 0 Å².